The number of aliphatic imine (C=N–C) groups is 1. The zero-order chi connectivity index (χ0) is 18.6. The number of guanidine groups is 1. The topological polar surface area (TPSA) is 74.5 Å². The summed E-state index contributed by atoms with van der Waals surface area (Å²) in [6.07, 6.45) is 4.72. The summed E-state index contributed by atoms with van der Waals surface area (Å²) < 4.78 is 1.69. The maximum Gasteiger partial charge on any atom is 0.191 e. The lowest BCUT2D eigenvalue weighted by Gasteiger charge is -2.20. The molecule has 1 heterocycles. The fourth-order valence-corrected chi connectivity index (χ4v) is 3.17. The number of aliphatic hydroxyl groups is 1. The first kappa shape index (κ1) is 18.5. The maximum atomic E-state index is 10.7. The van der Waals surface area contributed by atoms with Gasteiger partial charge in [-0.15, -0.1) is 0 Å². The average molecular weight is 355 g/mol. The highest BCUT2D eigenvalue weighted by Gasteiger charge is 2.37. The first-order valence-corrected chi connectivity index (χ1v) is 9.28. The van der Waals surface area contributed by atoms with E-state index in [4.69, 9.17) is 0 Å². The van der Waals surface area contributed by atoms with Crippen LogP contribution in [0.1, 0.15) is 37.3 Å². The first-order chi connectivity index (χ1) is 12.5. The van der Waals surface area contributed by atoms with Crippen molar-refractivity contribution in [2.45, 2.75) is 31.8 Å². The molecule has 140 valence electrons. The quantitative estimate of drug-likeness (QED) is 0.524. The number of hydrogen-bond donors (Lipinski definition) is 3. The number of rotatable bonds is 7. The van der Waals surface area contributed by atoms with Gasteiger partial charge in [-0.2, -0.15) is 5.10 Å². The molecule has 6 nitrogen and oxygen atoms in total. The molecule has 1 fully saturated rings. The fourth-order valence-electron chi connectivity index (χ4n) is 3.17. The number of benzene rings is 1. The summed E-state index contributed by atoms with van der Waals surface area (Å²) in [5.41, 5.74) is 1.15. The van der Waals surface area contributed by atoms with Crippen LogP contribution in [-0.4, -0.2) is 40.5 Å². The molecular weight excluding hydrogens is 326 g/mol. The third-order valence-electron chi connectivity index (χ3n) is 4.90. The van der Waals surface area contributed by atoms with Crippen LogP contribution in [0, 0.1) is 5.92 Å². The van der Waals surface area contributed by atoms with E-state index in [1.165, 1.54) is 12.0 Å². The van der Waals surface area contributed by atoms with Gasteiger partial charge < -0.3 is 15.7 Å². The Kier molecular flexibility index (Phi) is 5.61. The molecule has 0 bridgehead atoms. The predicted molar refractivity (Wildman–Crippen MR) is 104 cm³/mol. The normalized spacial score (nSPS) is 21.9. The summed E-state index contributed by atoms with van der Waals surface area (Å²) >= 11 is 0. The molecule has 0 saturated heterocycles. The van der Waals surface area contributed by atoms with Gasteiger partial charge in [-0.05, 0) is 37.7 Å². The Balaban J connectivity index is 1.55. The van der Waals surface area contributed by atoms with E-state index >= 15 is 0 Å². The molecule has 1 aromatic heterocycles. The van der Waals surface area contributed by atoms with Crippen molar-refractivity contribution in [1.82, 2.24) is 20.4 Å². The fraction of sp³-hybridized carbons (Fsp3) is 0.500. The molecule has 6 heteroatoms. The second kappa shape index (κ2) is 7.91. The minimum atomic E-state index is -1.04. The van der Waals surface area contributed by atoms with Crippen LogP contribution in [0.4, 0.5) is 0 Å². The molecule has 3 atom stereocenters. The average Bonchev–Trinajstić information content (AvgIpc) is 3.28. The largest absolute Gasteiger partial charge is 0.383 e. The van der Waals surface area contributed by atoms with Gasteiger partial charge in [-0.1, -0.05) is 30.3 Å². The lowest BCUT2D eigenvalue weighted by atomic mass is 10.0. The van der Waals surface area contributed by atoms with Gasteiger partial charge in [0.15, 0.2) is 5.96 Å². The van der Waals surface area contributed by atoms with Crippen molar-refractivity contribution in [3.8, 4) is 0 Å². The molecule has 1 aliphatic carbocycles. The van der Waals surface area contributed by atoms with Gasteiger partial charge in [-0.3, -0.25) is 4.68 Å². The molecule has 0 spiro atoms. The van der Waals surface area contributed by atoms with E-state index in [0.717, 1.165) is 24.6 Å². The van der Waals surface area contributed by atoms with Gasteiger partial charge >= 0.3 is 0 Å². The summed E-state index contributed by atoms with van der Waals surface area (Å²) in [6.45, 7) is 5.76. The number of hydrogen-bond acceptors (Lipinski definition) is 3. The standard InChI is InChI=1S/C20H29N5O/c1-4-21-19(23-14-20(2,26)17-12-24-25(3)13-17)22-11-16-10-18(16)15-8-6-5-7-9-15/h5-9,12-13,16,18,26H,4,10-11,14H2,1-3H3,(H2,21,22,23). The van der Waals surface area contributed by atoms with Gasteiger partial charge in [0.1, 0.15) is 5.60 Å². The maximum absolute atomic E-state index is 10.7. The van der Waals surface area contributed by atoms with Gasteiger partial charge in [0.05, 0.1) is 12.7 Å². The third kappa shape index (κ3) is 4.64. The van der Waals surface area contributed by atoms with Crippen molar-refractivity contribution in [3.63, 3.8) is 0 Å². The molecule has 3 rings (SSSR count). The highest BCUT2D eigenvalue weighted by Crippen LogP contribution is 2.46. The molecule has 3 unspecified atom stereocenters. The zero-order valence-electron chi connectivity index (χ0n) is 15.8. The SMILES string of the molecule is CCNC(=NCC(C)(O)c1cnn(C)c1)NCC1CC1c1ccccc1. The van der Waals surface area contributed by atoms with E-state index < -0.39 is 5.60 Å². The lowest BCUT2D eigenvalue weighted by molar-refractivity contribution is 0.0672. The predicted octanol–water partition coefficient (Wildman–Crippen LogP) is 1.99. The van der Waals surface area contributed by atoms with E-state index in [9.17, 15) is 5.11 Å². The zero-order valence-corrected chi connectivity index (χ0v) is 15.8. The molecule has 1 saturated carbocycles. The summed E-state index contributed by atoms with van der Waals surface area (Å²) in [5.74, 6) is 2.03. The van der Waals surface area contributed by atoms with E-state index in [-0.39, 0.29) is 6.54 Å². The molecule has 1 aromatic carbocycles. The Morgan fingerprint density at radius 3 is 2.77 bits per heavy atom. The van der Waals surface area contributed by atoms with Crippen molar-refractivity contribution in [3.05, 3.63) is 53.9 Å². The third-order valence-corrected chi connectivity index (χ3v) is 4.90. The second-order valence-corrected chi connectivity index (χ2v) is 7.27. The monoisotopic (exact) mass is 355 g/mol. The number of nitrogens with one attached hydrogen (secondary N) is 2. The Labute approximate surface area is 155 Å². The van der Waals surface area contributed by atoms with Crippen molar-refractivity contribution in [2.24, 2.45) is 18.0 Å². The second-order valence-electron chi connectivity index (χ2n) is 7.27. The summed E-state index contributed by atoms with van der Waals surface area (Å²) in [4.78, 5) is 4.58. The summed E-state index contributed by atoms with van der Waals surface area (Å²) in [5, 5.41) is 21.5. The Morgan fingerprint density at radius 1 is 1.35 bits per heavy atom. The highest BCUT2D eigenvalue weighted by atomic mass is 16.3. The van der Waals surface area contributed by atoms with E-state index in [0.29, 0.717) is 11.8 Å². The van der Waals surface area contributed by atoms with Crippen LogP contribution < -0.4 is 10.6 Å². The molecule has 0 radical (unpaired) electrons. The van der Waals surface area contributed by atoms with Crippen LogP contribution in [0.2, 0.25) is 0 Å². The molecule has 0 aliphatic heterocycles. The van der Waals surface area contributed by atoms with Crippen molar-refractivity contribution < 1.29 is 5.11 Å². The minimum Gasteiger partial charge on any atom is -0.383 e. The lowest BCUT2D eigenvalue weighted by Crippen LogP contribution is -2.39. The number of nitrogens with zero attached hydrogens (tertiary/aromatic N) is 3. The Morgan fingerprint density at radius 2 is 2.12 bits per heavy atom. The van der Waals surface area contributed by atoms with Gasteiger partial charge in [-0.25, -0.2) is 4.99 Å². The molecule has 0 amide bonds. The van der Waals surface area contributed by atoms with Crippen LogP contribution in [0.3, 0.4) is 0 Å². The van der Waals surface area contributed by atoms with E-state index in [2.05, 4.69) is 51.1 Å². The van der Waals surface area contributed by atoms with Crippen molar-refractivity contribution in [1.29, 1.82) is 0 Å². The molecule has 26 heavy (non-hydrogen) atoms. The Hall–Kier alpha value is -2.34. The van der Waals surface area contributed by atoms with Crippen LogP contribution in [0.25, 0.3) is 0 Å². The van der Waals surface area contributed by atoms with Gasteiger partial charge in [0, 0.05) is 31.9 Å². The van der Waals surface area contributed by atoms with E-state index in [1.54, 1.807) is 17.8 Å². The van der Waals surface area contributed by atoms with Crippen LogP contribution in [0.5, 0.6) is 0 Å². The molecule has 1 aliphatic rings. The first-order valence-electron chi connectivity index (χ1n) is 9.28. The Bertz CT molecular complexity index is 738. The smallest absolute Gasteiger partial charge is 0.191 e. The number of aryl methyl sites for hydroxylation is 1. The summed E-state index contributed by atoms with van der Waals surface area (Å²) in [7, 11) is 1.84. The van der Waals surface area contributed by atoms with Crippen molar-refractivity contribution in [2.75, 3.05) is 19.6 Å². The minimum absolute atomic E-state index is 0.279. The molecular formula is C20H29N5O. The summed E-state index contributed by atoms with van der Waals surface area (Å²) in [6, 6.07) is 10.7. The van der Waals surface area contributed by atoms with Crippen molar-refractivity contribution >= 4 is 5.96 Å². The van der Waals surface area contributed by atoms with Gasteiger partial charge in [0.25, 0.3) is 0 Å². The van der Waals surface area contributed by atoms with Crippen LogP contribution in [-0.2, 0) is 12.6 Å². The molecule has 2 aromatic rings. The highest BCUT2D eigenvalue weighted by molar-refractivity contribution is 5.79. The van der Waals surface area contributed by atoms with Crippen LogP contribution >= 0.6 is 0 Å². The van der Waals surface area contributed by atoms with Gasteiger partial charge in [0.2, 0.25) is 0 Å². The van der Waals surface area contributed by atoms with E-state index in [1.807, 2.05) is 20.2 Å². The molecule has 3 N–H and O–H groups in total. The van der Waals surface area contributed by atoms with Crippen LogP contribution in [0.15, 0.2) is 47.7 Å². The number of aromatic nitrogens is 2.